The highest BCUT2D eigenvalue weighted by Crippen LogP contribution is 2.26. The van der Waals surface area contributed by atoms with Gasteiger partial charge in [-0.05, 0) is 50.3 Å². The second-order valence-corrected chi connectivity index (χ2v) is 5.76. The molecule has 3 nitrogen and oxygen atoms in total. The summed E-state index contributed by atoms with van der Waals surface area (Å²) in [6.07, 6.45) is 3.93. The Morgan fingerprint density at radius 1 is 1.43 bits per heavy atom. The molecule has 1 atom stereocenters. The zero-order chi connectivity index (χ0) is 15.4. The first kappa shape index (κ1) is 15.5. The minimum Gasteiger partial charge on any atom is -0.267 e. The van der Waals surface area contributed by atoms with Crippen molar-refractivity contribution in [2.24, 2.45) is 11.0 Å². The van der Waals surface area contributed by atoms with Crippen LogP contribution in [0.1, 0.15) is 37.0 Å². The molecule has 1 aromatic rings. The van der Waals surface area contributed by atoms with E-state index >= 15 is 0 Å². The summed E-state index contributed by atoms with van der Waals surface area (Å²) in [5.41, 5.74) is 6.17. The molecule has 1 aromatic carbocycles. The summed E-state index contributed by atoms with van der Waals surface area (Å²) in [6.45, 7) is 8.04. The first-order valence-corrected chi connectivity index (χ1v) is 7.30. The largest absolute Gasteiger partial charge is 0.272 e. The minimum atomic E-state index is -0.293. The molecule has 1 aliphatic rings. The molecule has 0 spiro atoms. The maximum atomic E-state index is 12.1. The average molecular weight is 303 g/mol. The Bertz CT molecular complexity index is 631. The van der Waals surface area contributed by atoms with Crippen LogP contribution in [0, 0.1) is 5.92 Å². The Balaban J connectivity index is 2.12. The van der Waals surface area contributed by atoms with Crippen LogP contribution >= 0.6 is 11.6 Å². The third-order valence-electron chi connectivity index (χ3n) is 3.71. The van der Waals surface area contributed by atoms with Gasteiger partial charge in [0, 0.05) is 0 Å². The fourth-order valence-electron chi connectivity index (χ4n) is 2.25. The number of carbonyl (C=O) groups is 1. The van der Waals surface area contributed by atoms with E-state index in [2.05, 4.69) is 23.2 Å². The van der Waals surface area contributed by atoms with E-state index in [1.165, 1.54) is 0 Å². The number of benzene rings is 1. The number of amides is 1. The van der Waals surface area contributed by atoms with Crippen LogP contribution in [0.25, 0.3) is 0 Å². The number of allylic oxidation sites excluding steroid dienone is 3. The summed E-state index contributed by atoms with van der Waals surface area (Å²) in [5.74, 6) is 0.100. The third-order valence-corrected chi connectivity index (χ3v) is 4.04. The Kier molecular flexibility index (Phi) is 4.97. The number of nitrogens with zero attached hydrogens (tertiary/aromatic N) is 1. The van der Waals surface area contributed by atoms with Crippen LogP contribution in [0.5, 0.6) is 0 Å². The second-order valence-electron chi connectivity index (χ2n) is 5.35. The van der Waals surface area contributed by atoms with E-state index in [9.17, 15) is 4.79 Å². The molecule has 0 fully saturated rings. The van der Waals surface area contributed by atoms with Gasteiger partial charge in [0.15, 0.2) is 0 Å². The number of hydrogen-bond acceptors (Lipinski definition) is 2. The molecule has 0 heterocycles. The average Bonchev–Trinajstić information content (AvgIpc) is 2.46. The van der Waals surface area contributed by atoms with Gasteiger partial charge in [-0.15, -0.1) is 0 Å². The van der Waals surface area contributed by atoms with Crippen LogP contribution in [-0.4, -0.2) is 11.6 Å². The van der Waals surface area contributed by atoms with E-state index in [-0.39, 0.29) is 5.91 Å². The quantitative estimate of drug-likeness (QED) is 0.654. The summed E-state index contributed by atoms with van der Waals surface area (Å²) in [6, 6.07) is 6.93. The molecule has 0 saturated carbocycles. The number of nitrogens with one attached hydrogen (secondary N) is 1. The van der Waals surface area contributed by atoms with Crippen molar-refractivity contribution in [3.63, 3.8) is 0 Å². The van der Waals surface area contributed by atoms with Gasteiger partial charge in [-0.25, -0.2) is 5.43 Å². The molecule has 21 heavy (non-hydrogen) atoms. The minimum absolute atomic E-state index is 0.293. The maximum Gasteiger partial charge on any atom is 0.272 e. The van der Waals surface area contributed by atoms with Gasteiger partial charge in [0.05, 0.1) is 16.3 Å². The molecular weight excluding hydrogens is 284 g/mol. The summed E-state index contributed by atoms with van der Waals surface area (Å²) >= 11 is 6.00. The molecule has 4 heteroatoms. The highest BCUT2D eigenvalue weighted by atomic mass is 35.5. The maximum absolute atomic E-state index is 12.1. The van der Waals surface area contributed by atoms with Crippen LogP contribution < -0.4 is 5.43 Å². The lowest BCUT2D eigenvalue weighted by Crippen LogP contribution is -2.23. The molecule has 0 aliphatic heterocycles. The van der Waals surface area contributed by atoms with Crippen LogP contribution in [0.15, 0.2) is 53.2 Å². The molecule has 0 bridgehead atoms. The Morgan fingerprint density at radius 3 is 2.81 bits per heavy atom. The van der Waals surface area contributed by atoms with Gasteiger partial charge >= 0.3 is 0 Å². The number of hydrogen-bond donors (Lipinski definition) is 1. The van der Waals surface area contributed by atoms with Gasteiger partial charge in [0.1, 0.15) is 0 Å². The fourth-order valence-corrected chi connectivity index (χ4v) is 2.47. The Labute approximate surface area is 130 Å². The predicted octanol–water partition coefficient (Wildman–Crippen LogP) is 4.36. The van der Waals surface area contributed by atoms with Crippen LogP contribution in [0.2, 0.25) is 5.02 Å². The lowest BCUT2D eigenvalue weighted by Gasteiger charge is -2.22. The number of halogens is 1. The smallest absolute Gasteiger partial charge is 0.267 e. The van der Waals surface area contributed by atoms with Gasteiger partial charge in [-0.3, -0.25) is 4.79 Å². The molecule has 0 saturated heterocycles. The molecule has 0 radical (unpaired) electrons. The zero-order valence-corrected chi connectivity index (χ0v) is 13.1. The monoisotopic (exact) mass is 302 g/mol. The first-order chi connectivity index (χ1) is 9.99. The SMILES string of the molecule is C=C(C)C1CC=C(C)/C(=N/NC(=O)c2ccccc2Cl)C1. The van der Waals surface area contributed by atoms with E-state index in [1.807, 2.05) is 13.8 Å². The summed E-state index contributed by atoms with van der Waals surface area (Å²) < 4.78 is 0. The molecule has 1 N–H and O–H groups in total. The van der Waals surface area contributed by atoms with Crippen molar-refractivity contribution >= 4 is 23.2 Å². The summed E-state index contributed by atoms with van der Waals surface area (Å²) in [7, 11) is 0. The van der Waals surface area contributed by atoms with E-state index in [0.29, 0.717) is 16.5 Å². The zero-order valence-electron chi connectivity index (χ0n) is 12.3. The predicted molar refractivity (Wildman–Crippen MR) is 87.6 cm³/mol. The topological polar surface area (TPSA) is 41.5 Å². The van der Waals surface area contributed by atoms with E-state index in [1.54, 1.807) is 24.3 Å². The third kappa shape index (κ3) is 3.82. The summed E-state index contributed by atoms with van der Waals surface area (Å²) in [5, 5.41) is 4.69. The van der Waals surface area contributed by atoms with Gasteiger partial charge in [0.2, 0.25) is 0 Å². The molecule has 1 unspecified atom stereocenters. The normalized spacial score (nSPS) is 20.0. The highest BCUT2D eigenvalue weighted by Gasteiger charge is 2.19. The van der Waals surface area contributed by atoms with Crippen molar-refractivity contribution in [1.82, 2.24) is 5.43 Å². The van der Waals surface area contributed by atoms with E-state index < -0.39 is 0 Å². The molecule has 1 amide bonds. The summed E-state index contributed by atoms with van der Waals surface area (Å²) in [4.78, 5) is 12.1. The molecule has 2 rings (SSSR count). The highest BCUT2D eigenvalue weighted by molar-refractivity contribution is 6.33. The van der Waals surface area contributed by atoms with Crippen molar-refractivity contribution in [2.45, 2.75) is 26.7 Å². The molecular formula is C17H19ClN2O. The van der Waals surface area contributed by atoms with Gasteiger partial charge in [-0.2, -0.15) is 5.10 Å². The Hall–Kier alpha value is -1.87. The number of carbonyl (C=O) groups excluding carboxylic acids is 1. The van der Waals surface area contributed by atoms with Crippen molar-refractivity contribution in [2.75, 3.05) is 0 Å². The lowest BCUT2D eigenvalue weighted by molar-refractivity contribution is 0.0955. The van der Waals surface area contributed by atoms with E-state index in [0.717, 1.165) is 29.7 Å². The molecule has 0 aromatic heterocycles. The first-order valence-electron chi connectivity index (χ1n) is 6.93. The Morgan fingerprint density at radius 2 is 2.14 bits per heavy atom. The number of rotatable bonds is 3. The van der Waals surface area contributed by atoms with Gasteiger partial charge < -0.3 is 0 Å². The number of hydrazone groups is 1. The van der Waals surface area contributed by atoms with Crippen molar-refractivity contribution < 1.29 is 4.79 Å². The molecule has 110 valence electrons. The van der Waals surface area contributed by atoms with Crippen LogP contribution in [-0.2, 0) is 0 Å². The fraction of sp³-hybridized carbons (Fsp3) is 0.294. The van der Waals surface area contributed by atoms with Crippen LogP contribution in [0.3, 0.4) is 0 Å². The van der Waals surface area contributed by atoms with Crippen molar-refractivity contribution in [3.8, 4) is 0 Å². The van der Waals surface area contributed by atoms with Crippen LogP contribution in [0.4, 0.5) is 0 Å². The van der Waals surface area contributed by atoms with Gasteiger partial charge in [0.25, 0.3) is 5.91 Å². The standard InChI is InChI=1S/C17H19ClN2O/c1-11(2)13-9-8-12(3)16(10-13)19-20-17(21)14-6-4-5-7-15(14)18/h4-8,13H,1,9-10H2,2-3H3,(H,20,21)/b19-16+. The van der Waals surface area contributed by atoms with E-state index in [4.69, 9.17) is 11.6 Å². The van der Waals surface area contributed by atoms with Gasteiger partial charge in [-0.1, -0.05) is 42.0 Å². The second kappa shape index (κ2) is 6.72. The molecule has 1 aliphatic carbocycles. The van der Waals surface area contributed by atoms with Crippen molar-refractivity contribution in [1.29, 1.82) is 0 Å². The lowest BCUT2D eigenvalue weighted by atomic mass is 9.85. The van der Waals surface area contributed by atoms with Crippen molar-refractivity contribution in [3.05, 3.63) is 58.7 Å².